The number of para-hydroxylation sites is 1. The molecule has 0 N–H and O–H groups in total. The lowest BCUT2D eigenvalue weighted by Crippen LogP contribution is -2.26. The second kappa shape index (κ2) is 9.01. The molecule has 0 saturated heterocycles. The molecular formula is C18H27N3O3S2. The number of nitrogens with zero attached hydrogens (tertiary/aromatic N) is 3. The molecule has 8 heteroatoms. The topological polar surface area (TPSA) is 72.3 Å². The van der Waals surface area contributed by atoms with E-state index in [9.17, 15) is 13.2 Å². The van der Waals surface area contributed by atoms with Crippen LogP contribution in [0.15, 0.2) is 34.2 Å². The predicted molar refractivity (Wildman–Crippen MR) is 108 cm³/mol. The fourth-order valence-corrected chi connectivity index (χ4v) is 4.45. The molecule has 144 valence electrons. The highest BCUT2D eigenvalue weighted by Crippen LogP contribution is 2.20. The van der Waals surface area contributed by atoms with Gasteiger partial charge in [0.1, 0.15) is 0 Å². The number of rotatable bonds is 9. The Labute approximate surface area is 159 Å². The lowest BCUT2D eigenvalue weighted by atomic mass is 10.1. The minimum Gasteiger partial charge on any atom is -0.287 e. The minimum absolute atomic E-state index is 0.0281. The van der Waals surface area contributed by atoms with Crippen molar-refractivity contribution in [3.8, 4) is 0 Å². The summed E-state index contributed by atoms with van der Waals surface area (Å²) in [5, 5.41) is 1.28. The molecule has 0 aliphatic heterocycles. The highest BCUT2D eigenvalue weighted by molar-refractivity contribution is 7.99. The average molecular weight is 398 g/mol. The van der Waals surface area contributed by atoms with Crippen LogP contribution < -0.4 is 5.56 Å². The van der Waals surface area contributed by atoms with E-state index in [4.69, 9.17) is 0 Å². The Morgan fingerprint density at radius 3 is 2.58 bits per heavy atom. The molecule has 1 aromatic carbocycles. The number of hydrogen-bond acceptors (Lipinski definition) is 5. The molecule has 2 aromatic rings. The second-order valence-corrected chi connectivity index (χ2v) is 10.2. The quantitative estimate of drug-likeness (QED) is 0.370. The van der Waals surface area contributed by atoms with Gasteiger partial charge in [-0.3, -0.25) is 9.36 Å². The Kier molecular flexibility index (Phi) is 7.25. The normalized spacial score (nSPS) is 12.4. The van der Waals surface area contributed by atoms with Crippen LogP contribution >= 0.6 is 11.8 Å². The third-order valence-electron chi connectivity index (χ3n) is 4.09. The van der Waals surface area contributed by atoms with E-state index in [1.54, 1.807) is 10.6 Å². The molecule has 0 unspecified atom stereocenters. The van der Waals surface area contributed by atoms with Crippen LogP contribution in [0.4, 0.5) is 0 Å². The number of benzene rings is 1. The Bertz CT molecular complexity index is 906. The first kappa shape index (κ1) is 20.9. The first-order valence-electron chi connectivity index (χ1n) is 8.75. The zero-order valence-electron chi connectivity index (χ0n) is 15.8. The standard InChI is InChI=1S/C18H27N3O3S2/c1-14(2)10-11-21-17(22)15-8-5-6-9-16(15)19-18(21)25-12-7-13-26(23,24)20(3)4/h5-6,8-9,14H,7,10-13H2,1-4H3. The summed E-state index contributed by atoms with van der Waals surface area (Å²) in [6.07, 6.45) is 1.40. The maximum atomic E-state index is 12.9. The Morgan fingerprint density at radius 2 is 1.92 bits per heavy atom. The van der Waals surface area contributed by atoms with Crippen LogP contribution in [0.3, 0.4) is 0 Å². The highest BCUT2D eigenvalue weighted by Gasteiger charge is 2.15. The van der Waals surface area contributed by atoms with Crippen LogP contribution in [-0.2, 0) is 16.6 Å². The lowest BCUT2D eigenvalue weighted by molar-refractivity contribution is 0.481. The van der Waals surface area contributed by atoms with E-state index >= 15 is 0 Å². The van der Waals surface area contributed by atoms with Gasteiger partial charge in [0.05, 0.1) is 16.7 Å². The minimum atomic E-state index is -3.20. The molecule has 2 rings (SSSR count). The van der Waals surface area contributed by atoms with Gasteiger partial charge in [0.15, 0.2) is 5.16 Å². The van der Waals surface area contributed by atoms with Crippen molar-refractivity contribution in [3.05, 3.63) is 34.6 Å². The van der Waals surface area contributed by atoms with E-state index < -0.39 is 10.0 Å². The second-order valence-electron chi connectivity index (χ2n) is 6.85. The van der Waals surface area contributed by atoms with Crippen molar-refractivity contribution in [1.82, 2.24) is 13.9 Å². The van der Waals surface area contributed by atoms with E-state index in [-0.39, 0.29) is 11.3 Å². The molecule has 0 bridgehead atoms. The molecule has 0 saturated carbocycles. The van der Waals surface area contributed by atoms with Gasteiger partial charge in [-0.25, -0.2) is 17.7 Å². The molecule has 0 amide bonds. The van der Waals surface area contributed by atoms with Gasteiger partial charge in [-0.15, -0.1) is 0 Å². The van der Waals surface area contributed by atoms with E-state index in [0.717, 1.165) is 6.42 Å². The molecule has 0 spiro atoms. The maximum Gasteiger partial charge on any atom is 0.262 e. The number of fused-ring (bicyclic) bond motifs is 1. The Hall–Kier alpha value is -1.38. The predicted octanol–water partition coefficient (Wildman–Crippen LogP) is 2.82. The Balaban J connectivity index is 2.21. The van der Waals surface area contributed by atoms with E-state index in [2.05, 4.69) is 18.8 Å². The summed E-state index contributed by atoms with van der Waals surface area (Å²) in [5.41, 5.74) is 0.654. The third-order valence-corrected chi connectivity index (χ3v) is 7.07. The number of aromatic nitrogens is 2. The maximum absolute atomic E-state index is 12.9. The molecule has 26 heavy (non-hydrogen) atoms. The van der Waals surface area contributed by atoms with Gasteiger partial charge in [0, 0.05) is 26.4 Å². The molecule has 6 nitrogen and oxygen atoms in total. The fraction of sp³-hybridized carbons (Fsp3) is 0.556. The summed E-state index contributed by atoms with van der Waals surface area (Å²) in [4.78, 5) is 17.5. The monoisotopic (exact) mass is 397 g/mol. The van der Waals surface area contributed by atoms with Gasteiger partial charge in [0.2, 0.25) is 10.0 Å². The van der Waals surface area contributed by atoms with Gasteiger partial charge in [-0.05, 0) is 30.9 Å². The van der Waals surface area contributed by atoms with Gasteiger partial charge in [-0.2, -0.15) is 0 Å². The molecule has 1 heterocycles. The summed E-state index contributed by atoms with van der Waals surface area (Å²) >= 11 is 1.45. The summed E-state index contributed by atoms with van der Waals surface area (Å²) in [5.74, 6) is 1.17. The Morgan fingerprint density at radius 1 is 1.23 bits per heavy atom. The van der Waals surface area contributed by atoms with Crippen molar-refractivity contribution >= 4 is 32.7 Å². The fourth-order valence-electron chi connectivity index (χ4n) is 2.43. The summed E-state index contributed by atoms with van der Waals surface area (Å²) in [7, 11) is -0.119. The van der Waals surface area contributed by atoms with Crippen molar-refractivity contribution in [1.29, 1.82) is 0 Å². The number of hydrogen-bond donors (Lipinski definition) is 0. The van der Waals surface area contributed by atoms with E-state index in [1.165, 1.54) is 30.2 Å². The van der Waals surface area contributed by atoms with E-state index in [1.807, 2.05) is 18.2 Å². The van der Waals surface area contributed by atoms with Gasteiger partial charge in [0.25, 0.3) is 5.56 Å². The van der Waals surface area contributed by atoms with Crippen LogP contribution in [0, 0.1) is 5.92 Å². The number of thioether (sulfide) groups is 1. The van der Waals surface area contributed by atoms with Gasteiger partial charge >= 0.3 is 0 Å². The molecule has 0 fully saturated rings. The number of sulfonamides is 1. The van der Waals surface area contributed by atoms with Crippen LogP contribution in [0.25, 0.3) is 10.9 Å². The molecule has 0 atom stereocenters. The van der Waals surface area contributed by atoms with E-state index in [0.29, 0.717) is 40.7 Å². The summed E-state index contributed by atoms with van der Waals surface area (Å²) < 4.78 is 26.7. The molecule has 0 aliphatic carbocycles. The largest absolute Gasteiger partial charge is 0.287 e. The zero-order valence-corrected chi connectivity index (χ0v) is 17.4. The van der Waals surface area contributed by atoms with Crippen molar-refractivity contribution < 1.29 is 8.42 Å². The van der Waals surface area contributed by atoms with Crippen LogP contribution in [0.2, 0.25) is 0 Å². The first-order chi connectivity index (χ1) is 12.2. The van der Waals surface area contributed by atoms with Gasteiger partial charge < -0.3 is 0 Å². The lowest BCUT2D eigenvalue weighted by Gasteiger charge is -2.14. The zero-order chi connectivity index (χ0) is 19.3. The summed E-state index contributed by atoms with van der Waals surface area (Å²) in [6.45, 7) is 4.86. The molecule has 1 aromatic heterocycles. The van der Waals surface area contributed by atoms with Crippen LogP contribution in [-0.4, -0.2) is 47.9 Å². The van der Waals surface area contributed by atoms with Crippen molar-refractivity contribution in [2.75, 3.05) is 25.6 Å². The molecule has 0 aliphatic rings. The van der Waals surface area contributed by atoms with Crippen LogP contribution in [0.1, 0.15) is 26.7 Å². The molecular weight excluding hydrogens is 370 g/mol. The third kappa shape index (κ3) is 5.31. The smallest absolute Gasteiger partial charge is 0.262 e. The van der Waals surface area contributed by atoms with Crippen molar-refractivity contribution in [2.24, 2.45) is 5.92 Å². The average Bonchev–Trinajstić information content (AvgIpc) is 2.58. The van der Waals surface area contributed by atoms with Crippen molar-refractivity contribution in [2.45, 2.75) is 38.4 Å². The van der Waals surface area contributed by atoms with Gasteiger partial charge in [-0.1, -0.05) is 37.7 Å². The highest BCUT2D eigenvalue weighted by atomic mass is 32.2. The van der Waals surface area contributed by atoms with Crippen LogP contribution in [0.5, 0.6) is 0 Å². The summed E-state index contributed by atoms with van der Waals surface area (Å²) in [6, 6.07) is 7.35. The SMILES string of the molecule is CC(C)CCn1c(SCCCS(=O)(=O)N(C)C)nc2ccccc2c1=O. The van der Waals surface area contributed by atoms with Crippen molar-refractivity contribution in [3.63, 3.8) is 0 Å². The first-order valence-corrected chi connectivity index (χ1v) is 11.3. The molecule has 0 radical (unpaired) electrons.